The fourth-order valence-electron chi connectivity index (χ4n) is 3.72. The number of hydrogen-bond donors (Lipinski definition) is 1. The summed E-state index contributed by atoms with van der Waals surface area (Å²) in [5, 5.41) is 0. The van der Waals surface area contributed by atoms with Gasteiger partial charge in [0.1, 0.15) is 0 Å². The lowest BCUT2D eigenvalue weighted by Gasteiger charge is -2.35. The predicted octanol–water partition coefficient (Wildman–Crippen LogP) is 1.92. The largest absolute Gasteiger partial charge is 0.465 e. The molecule has 1 aliphatic heterocycles. The standard InChI is InChI=1S/C23H28N2O7S/c1-16-5-4-6-17(11-16)21(25-7-9-32-10-8-25)15-24-33(28,29)20-13-18(22(26)30-2)12-19(14-20)23(27)31-3/h4-6,11-14,21,24H,7-10,15H2,1-3H3. The summed E-state index contributed by atoms with van der Waals surface area (Å²) in [4.78, 5) is 26.0. The average Bonchev–Trinajstić information content (AvgIpc) is 2.83. The monoisotopic (exact) mass is 476 g/mol. The van der Waals surface area contributed by atoms with Crippen LogP contribution in [0.3, 0.4) is 0 Å². The second kappa shape index (κ2) is 10.9. The van der Waals surface area contributed by atoms with Crippen molar-refractivity contribution in [2.75, 3.05) is 47.1 Å². The number of esters is 2. The van der Waals surface area contributed by atoms with Gasteiger partial charge in [0.05, 0.1) is 43.5 Å². The fourth-order valence-corrected chi connectivity index (χ4v) is 4.83. The SMILES string of the molecule is COC(=O)c1cc(C(=O)OC)cc(S(=O)(=O)NCC(c2cccc(C)c2)N2CCOCC2)c1. The van der Waals surface area contributed by atoms with Crippen molar-refractivity contribution in [3.05, 3.63) is 64.7 Å². The minimum Gasteiger partial charge on any atom is -0.465 e. The molecule has 9 nitrogen and oxygen atoms in total. The number of carbonyl (C=O) groups is 2. The lowest BCUT2D eigenvalue weighted by Crippen LogP contribution is -2.43. The minimum absolute atomic E-state index is 0.0656. The van der Waals surface area contributed by atoms with Gasteiger partial charge in [-0.05, 0) is 30.7 Å². The molecular weight excluding hydrogens is 448 g/mol. The first-order valence-corrected chi connectivity index (χ1v) is 11.9. The fraction of sp³-hybridized carbons (Fsp3) is 0.391. The Morgan fingerprint density at radius 2 is 1.64 bits per heavy atom. The Morgan fingerprint density at radius 3 is 2.18 bits per heavy atom. The molecule has 1 saturated heterocycles. The quantitative estimate of drug-likeness (QED) is 0.576. The predicted molar refractivity (Wildman–Crippen MR) is 121 cm³/mol. The molecule has 0 radical (unpaired) electrons. The van der Waals surface area contributed by atoms with Gasteiger partial charge in [-0.3, -0.25) is 4.90 Å². The van der Waals surface area contributed by atoms with Crippen molar-refractivity contribution in [2.45, 2.75) is 17.9 Å². The molecule has 1 heterocycles. The zero-order valence-electron chi connectivity index (χ0n) is 18.9. The molecule has 2 aromatic carbocycles. The van der Waals surface area contributed by atoms with E-state index in [1.807, 2.05) is 31.2 Å². The van der Waals surface area contributed by atoms with Crippen molar-refractivity contribution in [3.63, 3.8) is 0 Å². The third-order valence-electron chi connectivity index (χ3n) is 5.44. The van der Waals surface area contributed by atoms with Crippen LogP contribution in [-0.4, -0.2) is 72.3 Å². The molecular formula is C23H28N2O7S. The van der Waals surface area contributed by atoms with E-state index in [1.54, 1.807) is 0 Å². The van der Waals surface area contributed by atoms with E-state index in [0.717, 1.165) is 11.1 Å². The van der Waals surface area contributed by atoms with E-state index in [1.165, 1.54) is 32.4 Å². The van der Waals surface area contributed by atoms with Crippen LogP contribution in [0.2, 0.25) is 0 Å². The first-order chi connectivity index (χ1) is 15.7. The highest BCUT2D eigenvalue weighted by Gasteiger charge is 2.26. The number of aryl methyl sites for hydroxylation is 1. The number of morpholine rings is 1. The summed E-state index contributed by atoms with van der Waals surface area (Å²) in [6, 6.07) is 11.3. The first kappa shape index (κ1) is 24.8. The van der Waals surface area contributed by atoms with Gasteiger partial charge >= 0.3 is 11.9 Å². The highest BCUT2D eigenvalue weighted by molar-refractivity contribution is 7.89. The van der Waals surface area contributed by atoms with Crippen LogP contribution < -0.4 is 4.72 Å². The molecule has 0 aliphatic carbocycles. The first-order valence-electron chi connectivity index (χ1n) is 10.4. The van der Waals surface area contributed by atoms with E-state index < -0.39 is 22.0 Å². The normalized spacial score (nSPS) is 15.6. The number of nitrogens with zero attached hydrogens (tertiary/aromatic N) is 1. The maximum atomic E-state index is 13.2. The van der Waals surface area contributed by atoms with E-state index in [2.05, 4.69) is 9.62 Å². The molecule has 178 valence electrons. The molecule has 0 aromatic heterocycles. The summed E-state index contributed by atoms with van der Waals surface area (Å²) in [7, 11) is -1.71. The number of benzene rings is 2. The summed E-state index contributed by atoms with van der Waals surface area (Å²) in [6.07, 6.45) is 0. The van der Waals surface area contributed by atoms with Crippen molar-refractivity contribution in [2.24, 2.45) is 0 Å². The molecule has 1 fully saturated rings. The van der Waals surface area contributed by atoms with Gasteiger partial charge in [0.15, 0.2) is 0 Å². The highest BCUT2D eigenvalue weighted by atomic mass is 32.2. The Kier molecular flexibility index (Phi) is 8.20. The molecule has 2 aromatic rings. The molecule has 1 atom stereocenters. The van der Waals surface area contributed by atoms with Crippen molar-refractivity contribution in [1.29, 1.82) is 0 Å². The second-order valence-electron chi connectivity index (χ2n) is 7.66. The van der Waals surface area contributed by atoms with Crippen LogP contribution in [0.15, 0.2) is 47.4 Å². The van der Waals surface area contributed by atoms with Crippen molar-refractivity contribution >= 4 is 22.0 Å². The van der Waals surface area contributed by atoms with Gasteiger partial charge in [-0.1, -0.05) is 29.8 Å². The van der Waals surface area contributed by atoms with Crippen LogP contribution in [0.25, 0.3) is 0 Å². The van der Waals surface area contributed by atoms with Gasteiger partial charge in [0.2, 0.25) is 10.0 Å². The van der Waals surface area contributed by atoms with Crippen LogP contribution in [0.4, 0.5) is 0 Å². The summed E-state index contributed by atoms with van der Waals surface area (Å²) in [5.41, 5.74) is 1.92. The van der Waals surface area contributed by atoms with Crippen LogP contribution in [-0.2, 0) is 24.2 Å². The summed E-state index contributed by atoms with van der Waals surface area (Å²) < 4.78 is 43.9. The molecule has 0 amide bonds. The second-order valence-corrected chi connectivity index (χ2v) is 9.43. The number of sulfonamides is 1. The Balaban J connectivity index is 1.91. The maximum Gasteiger partial charge on any atom is 0.337 e. The zero-order valence-corrected chi connectivity index (χ0v) is 19.7. The minimum atomic E-state index is -4.06. The Labute approximate surface area is 193 Å². The number of rotatable bonds is 8. The van der Waals surface area contributed by atoms with Crippen molar-refractivity contribution in [1.82, 2.24) is 9.62 Å². The molecule has 1 unspecified atom stereocenters. The third-order valence-corrected chi connectivity index (χ3v) is 6.84. The van der Waals surface area contributed by atoms with Gasteiger partial charge in [-0.25, -0.2) is 22.7 Å². The number of methoxy groups -OCH3 is 2. The van der Waals surface area contributed by atoms with Crippen molar-refractivity contribution in [3.8, 4) is 0 Å². The topological polar surface area (TPSA) is 111 Å². The lowest BCUT2D eigenvalue weighted by molar-refractivity contribution is 0.0172. The van der Waals surface area contributed by atoms with Gasteiger partial charge in [0.25, 0.3) is 0 Å². The number of nitrogens with one attached hydrogen (secondary N) is 1. The molecule has 0 saturated carbocycles. The van der Waals surface area contributed by atoms with Gasteiger partial charge in [-0.15, -0.1) is 0 Å². The lowest BCUT2D eigenvalue weighted by atomic mass is 10.0. The summed E-state index contributed by atoms with van der Waals surface area (Å²) in [6.45, 7) is 4.56. The molecule has 33 heavy (non-hydrogen) atoms. The van der Waals surface area contributed by atoms with E-state index in [4.69, 9.17) is 14.2 Å². The summed E-state index contributed by atoms with van der Waals surface area (Å²) in [5.74, 6) is -1.52. The Bertz CT molecular complexity index is 1080. The van der Waals surface area contributed by atoms with Gasteiger partial charge in [0, 0.05) is 25.7 Å². The molecule has 3 rings (SSSR count). The van der Waals surface area contributed by atoms with Gasteiger partial charge in [-0.2, -0.15) is 0 Å². The van der Waals surface area contributed by atoms with Gasteiger partial charge < -0.3 is 14.2 Å². The number of ether oxygens (including phenoxy) is 3. The molecule has 0 bridgehead atoms. The van der Waals surface area contributed by atoms with Crippen LogP contribution in [0.5, 0.6) is 0 Å². The zero-order chi connectivity index (χ0) is 24.0. The molecule has 0 spiro atoms. The number of carbonyl (C=O) groups excluding carboxylic acids is 2. The third kappa shape index (κ3) is 6.17. The van der Waals surface area contributed by atoms with Crippen LogP contribution >= 0.6 is 0 Å². The van der Waals surface area contributed by atoms with Crippen LogP contribution in [0.1, 0.15) is 37.9 Å². The average molecular weight is 477 g/mol. The molecule has 1 aliphatic rings. The highest BCUT2D eigenvalue weighted by Crippen LogP contribution is 2.24. The van der Waals surface area contributed by atoms with E-state index in [9.17, 15) is 18.0 Å². The molecule has 10 heteroatoms. The maximum absolute atomic E-state index is 13.2. The number of hydrogen-bond acceptors (Lipinski definition) is 8. The van der Waals surface area contributed by atoms with Crippen LogP contribution in [0, 0.1) is 6.92 Å². The molecule has 1 N–H and O–H groups in total. The van der Waals surface area contributed by atoms with E-state index >= 15 is 0 Å². The van der Waals surface area contributed by atoms with E-state index in [0.29, 0.717) is 26.3 Å². The smallest absolute Gasteiger partial charge is 0.337 e. The van der Waals surface area contributed by atoms with Crippen molar-refractivity contribution < 1.29 is 32.2 Å². The Hall–Kier alpha value is -2.79. The Morgan fingerprint density at radius 1 is 1.03 bits per heavy atom. The van der Waals surface area contributed by atoms with E-state index in [-0.39, 0.29) is 28.6 Å². The summed E-state index contributed by atoms with van der Waals surface area (Å²) >= 11 is 0.